The minimum Gasteiger partial charge on any atom is -0.496 e. The van der Waals surface area contributed by atoms with Crippen LogP contribution in [-0.2, 0) is 11.2 Å². The average Bonchev–Trinajstić information content (AvgIpc) is 2.60. The van der Waals surface area contributed by atoms with Crippen LogP contribution in [0.15, 0.2) is 48.5 Å². The molecule has 5 heteroatoms. The van der Waals surface area contributed by atoms with Gasteiger partial charge in [0.2, 0.25) is 5.91 Å². The van der Waals surface area contributed by atoms with Crippen LogP contribution in [-0.4, -0.2) is 20.1 Å². The number of nitrogens with one attached hydrogen (secondary N) is 1. The molecule has 1 atom stereocenters. The van der Waals surface area contributed by atoms with Crippen LogP contribution >= 0.6 is 0 Å². The molecule has 0 saturated carbocycles. The molecule has 2 aromatic rings. The van der Waals surface area contributed by atoms with Gasteiger partial charge in [-0.3, -0.25) is 4.79 Å². The van der Waals surface area contributed by atoms with Crippen LogP contribution in [0.3, 0.4) is 0 Å². The van der Waals surface area contributed by atoms with Gasteiger partial charge in [0.05, 0.1) is 26.0 Å². The molecule has 2 aromatic carbocycles. The molecule has 23 heavy (non-hydrogen) atoms. The van der Waals surface area contributed by atoms with Crippen LogP contribution in [0.4, 0.5) is 5.69 Å². The fraction of sp³-hybridized carbons (Fsp3) is 0.222. The predicted octanol–water partition coefficient (Wildman–Crippen LogP) is 3.02. The van der Waals surface area contributed by atoms with Gasteiger partial charge in [0, 0.05) is 6.42 Å². The molecule has 118 valence electrons. The van der Waals surface area contributed by atoms with Crippen molar-refractivity contribution in [1.82, 2.24) is 0 Å². The van der Waals surface area contributed by atoms with Gasteiger partial charge in [-0.1, -0.05) is 30.3 Å². The van der Waals surface area contributed by atoms with Crippen molar-refractivity contribution < 1.29 is 14.3 Å². The second kappa shape index (κ2) is 7.85. The highest BCUT2D eigenvalue weighted by atomic mass is 16.5. The molecule has 0 aliphatic rings. The van der Waals surface area contributed by atoms with Crippen molar-refractivity contribution >= 4 is 11.6 Å². The van der Waals surface area contributed by atoms with E-state index in [0.717, 1.165) is 5.56 Å². The van der Waals surface area contributed by atoms with Crippen molar-refractivity contribution in [3.63, 3.8) is 0 Å². The monoisotopic (exact) mass is 310 g/mol. The zero-order valence-corrected chi connectivity index (χ0v) is 13.1. The van der Waals surface area contributed by atoms with Gasteiger partial charge in [0.15, 0.2) is 0 Å². The van der Waals surface area contributed by atoms with Crippen molar-refractivity contribution in [2.75, 3.05) is 19.5 Å². The van der Waals surface area contributed by atoms with Crippen molar-refractivity contribution in [2.45, 2.75) is 6.42 Å². The van der Waals surface area contributed by atoms with Crippen LogP contribution in [0, 0.1) is 17.2 Å². The molecular formula is C18H18N2O3. The summed E-state index contributed by atoms with van der Waals surface area (Å²) < 4.78 is 10.5. The predicted molar refractivity (Wildman–Crippen MR) is 87.4 cm³/mol. The minimum absolute atomic E-state index is 0.279. The van der Waals surface area contributed by atoms with E-state index in [1.54, 1.807) is 25.3 Å². The molecule has 0 heterocycles. The van der Waals surface area contributed by atoms with Gasteiger partial charge < -0.3 is 14.8 Å². The number of benzene rings is 2. The Labute approximate surface area is 135 Å². The number of nitrogens with zero attached hydrogens (tertiary/aromatic N) is 1. The first kappa shape index (κ1) is 16.4. The zero-order chi connectivity index (χ0) is 16.7. The number of para-hydroxylation sites is 3. The van der Waals surface area contributed by atoms with Gasteiger partial charge in [-0.15, -0.1) is 0 Å². The zero-order valence-electron chi connectivity index (χ0n) is 13.1. The Bertz CT molecular complexity index is 722. The maximum absolute atomic E-state index is 12.4. The quantitative estimate of drug-likeness (QED) is 0.890. The molecule has 0 spiro atoms. The number of hydrogen-bond donors (Lipinski definition) is 1. The van der Waals surface area contributed by atoms with Crippen LogP contribution in [0.2, 0.25) is 0 Å². The number of amides is 1. The Morgan fingerprint density at radius 1 is 1.09 bits per heavy atom. The number of carbonyl (C=O) groups excluding carboxylic acids is 1. The lowest BCUT2D eigenvalue weighted by atomic mass is 9.99. The fourth-order valence-electron chi connectivity index (χ4n) is 2.26. The number of methoxy groups -OCH3 is 2. The number of ether oxygens (including phenoxy) is 2. The summed E-state index contributed by atoms with van der Waals surface area (Å²) in [7, 11) is 3.09. The maximum Gasteiger partial charge on any atom is 0.242 e. The SMILES string of the molecule is COc1ccccc1C[C@H](C#N)C(=O)Nc1ccccc1OC. The molecular weight excluding hydrogens is 292 g/mol. The van der Waals surface area contributed by atoms with Crippen LogP contribution in [0.1, 0.15) is 5.56 Å². The minimum atomic E-state index is -0.823. The summed E-state index contributed by atoms with van der Waals surface area (Å²) >= 11 is 0. The third kappa shape index (κ3) is 4.01. The van der Waals surface area contributed by atoms with E-state index in [-0.39, 0.29) is 12.3 Å². The first-order valence-corrected chi connectivity index (χ1v) is 7.15. The molecule has 0 bridgehead atoms. The van der Waals surface area contributed by atoms with Gasteiger partial charge in [-0.25, -0.2) is 0 Å². The summed E-state index contributed by atoms with van der Waals surface area (Å²) in [5, 5.41) is 12.1. The number of nitriles is 1. The fourth-order valence-corrected chi connectivity index (χ4v) is 2.26. The molecule has 0 fully saturated rings. The average molecular weight is 310 g/mol. The smallest absolute Gasteiger partial charge is 0.242 e. The Morgan fingerprint density at radius 3 is 2.35 bits per heavy atom. The van der Waals surface area contributed by atoms with E-state index in [1.165, 1.54) is 7.11 Å². The van der Waals surface area contributed by atoms with Gasteiger partial charge in [0.25, 0.3) is 0 Å². The summed E-state index contributed by atoms with van der Waals surface area (Å²) in [4.78, 5) is 12.4. The van der Waals surface area contributed by atoms with E-state index in [9.17, 15) is 10.1 Å². The second-order valence-corrected chi connectivity index (χ2v) is 4.89. The van der Waals surface area contributed by atoms with Gasteiger partial charge in [-0.05, 0) is 23.8 Å². The number of anilines is 1. The molecule has 0 aliphatic carbocycles. The maximum atomic E-state index is 12.4. The first-order valence-electron chi connectivity index (χ1n) is 7.15. The number of carbonyl (C=O) groups is 1. The van der Waals surface area contributed by atoms with Crippen molar-refractivity contribution in [2.24, 2.45) is 5.92 Å². The Balaban J connectivity index is 2.14. The molecule has 1 N–H and O–H groups in total. The van der Waals surface area contributed by atoms with Gasteiger partial charge >= 0.3 is 0 Å². The standard InChI is InChI=1S/C18H18N2O3/c1-22-16-9-5-3-7-13(16)11-14(12-19)18(21)20-15-8-4-6-10-17(15)23-2/h3-10,14H,11H2,1-2H3,(H,20,21)/t14-/m1/s1. The van der Waals surface area contributed by atoms with Crippen LogP contribution in [0.25, 0.3) is 0 Å². The summed E-state index contributed by atoms with van der Waals surface area (Å²) in [6.45, 7) is 0. The number of hydrogen-bond acceptors (Lipinski definition) is 4. The third-order valence-electron chi connectivity index (χ3n) is 3.45. The van der Waals surface area contributed by atoms with E-state index in [2.05, 4.69) is 11.4 Å². The van der Waals surface area contributed by atoms with Crippen molar-refractivity contribution in [3.8, 4) is 17.6 Å². The highest BCUT2D eigenvalue weighted by Gasteiger charge is 2.21. The van der Waals surface area contributed by atoms with Crippen LogP contribution in [0.5, 0.6) is 11.5 Å². The topological polar surface area (TPSA) is 71.3 Å². The Kier molecular flexibility index (Phi) is 5.59. The van der Waals surface area contributed by atoms with E-state index in [1.807, 2.05) is 30.3 Å². The summed E-state index contributed by atoms with van der Waals surface area (Å²) in [6, 6.07) is 16.5. The molecule has 0 aromatic heterocycles. The lowest BCUT2D eigenvalue weighted by Gasteiger charge is -2.14. The summed E-state index contributed by atoms with van der Waals surface area (Å²) in [5.74, 6) is 0.0202. The normalized spacial score (nSPS) is 11.2. The van der Waals surface area contributed by atoms with E-state index < -0.39 is 5.92 Å². The van der Waals surface area contributed by atoms with Crippen molar-refractivity contribution in [1.29, 1.82) is 5.26 Å². The lowest BCUT2D eigenvalue weighted by molar-refractivity contribution is -0.118. The lowest BCUT2D eigenvalue weighted by Crippen LogP contribution is -2.23. The summed E-state index contributed by atoms with van der Waals surface area (Å²) in [6.07, 6.45) is 0.279. The molecule has 2 rings (SSSR count). The van der Waals surface area contributed by atoms with Crippen LogP contribution < -0.4 is 14.8 Å². The second-order valence-electron chi connectivity index (χ2n) is 4.89. The Hall–Kier alpha value is -3.00. The molecule has 0 aliphatic heterocycles. The van der Waals surface area contributed by atoms with Crippen molar-refractivity contribution in [3.05, 3.63) is 54.1 Å². The third-order valence-corrected chi connectivity index (χ3v) is 3.45. The van der Waals surface area contributed by atoms with Gasteiger partial charge in [0.1, 0.15) is 17.4 Å². The molecule has 5 nitrogen and oxygen atoms in total. The first-order chi connectivity index (χ1) is 11.2. The van der Waals surface area contributed by atoms with E-state index in [4.69, 9.17) is 9.47 Å². The van der Waals surface area contributed by atoms with E-state index >= 15 is 0 Å². The highest BCUT2D eigenvalue weighted by molar-refractivity contribution is 5.95. The molecule has 0 saturated heterocycles. The highest BCUT2D eigenvalue weighted by Crippen LogP contribution is 2.25. The van der Waals surface area contributed by atoms with E-state index in [0.29, 0.717) is 17.2 Å². The Morgan fingerprint density at radius 2 is 1.70 bits per heavy atom. The number of rotatable bonds is 6. The molecule has 1 amide bonds. The summed E-state index contributed by atoms with van der Waals surface area (Å²) in [5.41, 5.74) is 1.36. The molecule has 0 unspecified atom stereocenters. The van der Waals surface area contributed by atoms with Gasteiger partial charge in [-0.2, -0.15) is 5.26 Å². The molecule has 0 radical (unpaired) electrons. The largest absolute Gasteiger partial charge is 0.496 e.